The Hall–Kier alpha value is -2.80. The first-order chi connectivity index (χ1) is 11.5. The summed E-state index contributed by atoms with van der Waals surface area (Å²) in [7, 11) is 0. The lowest BCUT2D eigenvalue weighted by atomic mass is 10.2. The molecule has 0 saturated heterocycles. The summed E-state index contributed by atoms with van der Waals surface area (Å²) in [5, 5.41) is 4.18. The summed E-state index contributed by atoms with van der Waals surface area (Å²) in [5.74, 6) is -2.52. The Labute approximate surface area is 139 Å². The maximum atomic E-state index is 13.5. The molecule has 3 aromatic rings. The third kappa shape index (κ3) is 3.41. The second-order valence-electron chi connectivity index (χ2n) is 4.69. The molecule has 0 amide bonds. The van der Waals surface area contributed by atoms with Gasteiger partial charge in [0.15, 0.2) is 6.61 Å². The van der Waals surface area contributed by atoms with Gasteiger partial charge in [-0.3, -0.25) is 0 Å². The SMILES string of the molecule is O=C(OCc1nc(-c2ccccc2Cl)no1)c1ccc(F)cc1F. The fourth-order valence-electron chi connectivity index (χ4n) is 1.93. The average molecular weight is 351 g/mol. The van der Waals surface area contributed by atoms with Crippen LogP contribution in [-0.4, -0.2) is 16.1 Å². The number of hydrogen-bond donors (Lipinski definition) is 0. The summed E-state index contributed by atoms with van der Waals surface area (Å²) < 4.78 is 36.2. The van der Waals surface area contributed by atoms with Crippen molar-refractivity contribution in [3.8, 4) is 11.4 Å². The third-order valence-corrected chi connectivity index (χ3v) is 3.39. The van der Waals surface area contributed by atoms with Crippen molar-refractivity contribution in [3.63, 3.8) is 0 Å². The lowest BCUT2D eigenvalue weighted by Gasteiger charge is -2.03. The summed E-state index contributed by atoms with van der Waals surface area (Å²) in [4.78, 5) is 15.8. The van der Waals surface area contributed by atoms with Crippen molar-refractivity contribution in [1.82, 2.24) is 10.1 Å². The number of hydrogen-bond acceptors (Lipinski definition) is 5. The first-order valence-electron chi connectivity index (χ1n) is 6.74. The zero-order chi connectivity index (χ0) is 17.1. The van der Waals surface area contributed by atoms with Gasteiger partial charge in [0.1, 0.15) is 11.6 Å². The zero-order valence-corrected chi connectivity index (χ0v) is 12.8. The van der Waals surface area contributed by atoms with Crippen LogP contribution in [0.3, 0.4) is 0 Å². The molecule has 0 spiro atoms. The third-order valence-electron chi connectivity index (χ3n) is 3.06. The molecule has 0 saturated carbocycles. The van der Waals surface area contributed by atoms with Gasteiger partial charge < -0.3 is 9.26 Å². The van der Waals surface area contributed by atoms with Crippen LogP contribution in [0.25, 0.3) is 11.4 Å². The molecule has 8 heteroatoms. The van der Waals surface area contributed by atoms with Gasteiger partial charge in [-0.05, 0) is 24.3 Å². The van der Waals surface area contributed by atoms with Gasteiger partial charge >= 0.3 is 5.97 Å². The van der Waals surface area contributed by atoms with Gasteiger partial charge in [-0.25, -0.2) is 13.6 Å². The van der Waals surface area contributed by atoms with Gasteiger partial charge in [-0.2, -0.15) is 4.98 Å². The molecule has 0 unspecified atom stereocenters. The zero-order valence-electron chi connectivity index (χ0n) is 12.0. The summed E-state index contributed by atoms with van der Waals surface area (Å²) in [6.07, 6.45) is 0. The lowest BCUT2D eigenvalue weighted by Crippen LogP contribution is -2.08. The molecule has 0 atom stereocenters. The predicted octanol–water partition coefficient (Wildman–Crippen LogP) is 4.03. The molecule has 0 radical (unpaired) electrons. The fourth-order valence-corrected chi connectivity index (χ4v) is 2.15. The molecule has 3 rings (SSSR count). The quantitative estimate of drug-likeness (QED) is 0.665. The Balaban J connectivity index is 1.69. The largest absolute Gasteiger partial charge is 0.452 e. The van der Waals surface area contributed by atoms with E-state index in [0.29, 0.717) is 16.7 Å². The van der Waals surface area contributed by atoms with E-state index in [9.17, 15) is 13.6 Å². The highest BCUT2D eigenvalue weighted by Crippen LogP contribution is 2.25. The minimum absolute atomic E-state index is 0.0146. The summed E-state index contributed by atoms with van der Waals surface area (Å²) in [6.45, 7) is -0.354. The first kappa shape index (κ1) is 16.1. The van der Waals surface area contributed by atoms with E-state index in [-0.39, 0.29) is 23.9 Å². The second kappa shape index (κ2) is 6.76. The predicted molar refractivity (Wildman–Crippen MR) is 80.2 cm³/mol. The number of benzene rings is 2. The van der Waals surface area contributed by atoms with Crippen molar-refractivity contribution < 1.29 is 22.8 Å². The number of nitrogens with zero attached hydrogens (tertiary/aromatic N) is 2. The minimum atomic E-state index is -1.01. The van der Waals surface area contributed by atoms with E-state index in [4.69, 9.17) is 20.9 Å². The Morgan fingerprint density at radius 3 is 2.75 bits per heavy atom. The normalized spacial score (nSPS) is 10.6. The van der Waals surface area contributed by atoms with E-state index in [1.165, 1.54) is 0 Å². The fraction of sp³-hybridized carbons (Fsp3) is 0.0625. The summed E-state index contributed by atoms with van der Waals surface area (Å²) in [6, 6.07) is 9.44. The van der Waals surface area contributed by atoms with Crippen molar-refractivity contribution in [2.45, 2.75) is 6.61 Å². The van der Waals surface area contributed by atoms with E-state index >= 15 is 0 Å². The first-order valence-corrected chi connectivity index (χ1v) is 7.12. The van der Waals surface area contributed by atoms with Gasteiger partial charge in [-0.1, -0.05) is 28.9 Å². The molecule has 0 bridgehead atoms. The Morgan fingerprint density at radius 1 is 1.21 bits per heavy atom. The van der Waals surface area contributed by atoms with Gasteiger partial charge in [0.05, 0.1) is 10.6 Å². The van der Waals surface area contributed by atoms with E-state index in [0.717, 1.165) is 12.1 Å². The maximum absolute atomic E-state index is 13.5. The number of carbonyl (C=O) groups is 1. The van der Waals surface area contributed by atoms with Crippen LogP contribution in [0.4, 0.5) is 8.78 Å². The van der Waals surface area contributed by atoms with Crippen LogP contribution < -0.4 is 0 Å². The number of halogens is 3. The van der Waals surface area contributed by atoms with Crippen molar-refractivity contribution in [2.75, 3.05) is 0 Å². The summed E-state index contributed by atoms with van der Waals surface area (Å²) in [5.41, 5.74) is 0.173. The molecular weight excluding hydrogens is 342 g/mol. The number of carbonyl (C=O) groups excluding carboxylic acids is 1. The molecule has 5 nitrogen and oxygen atoms in total. The molecule has 0 N–H and O–H groups in total. The Morgan fingerprint density at radius 2 is 2.00 bits per heavy atom. The number of rotatable bonds is 4. The number of esters is 1. The minimum Gasteiger partial charge on any atom is -0.452 e. The molecular formula is C16H9ClF2N2O3. The average Bonchev–Trinajstić information content (AvgIpc) is 3.02. The van der Waals surface area contributed by atoms with Gasteiger partial charge in [-0.15, -0.1) is 0 Å². The Bertz CT molecular complexity index is 899. The lowest BCUT2D eigenvalue weighted by molar-refractivity contribution is 0.0424. The van der Waals surface area contributed by atoms with Crippen molar-refractivity contribution in [2.24, 2.45) is 0 Å². The highest BCUT2D eigenvalue weighted by atomic mass is 35.5. The van der Waals surface area contributed by atoms with E-state index in [1.807, 2.05) is 0 Å². The number of aromatic nitrogens is 2. The van der Waals surface area contributed by atoms with Crippen LogP contribution >= 0.6 is 11.6 Å². The van der Waals surface area contributed by atoms with Gasteiger partial charge in [0.2, 0.25) is 5.82 Å². The monoisotopic (exact) mass is 350 g/mol. The van der Waals surface area contributed by atoms with Crippen LogP contribution in [0.5, 0.6) is 0 Å². The molecule has 24 heavy (non-hydrogen) atoms. The van der Waals surface area contributed by atoms with E-state index in [1.54, 1.807) is 24.3 Å². The van der Waals surface area contributed by atoms with Gasteiger partial charge in [0.25, 0.3) is 5.89 Å². The molecule has 0 fully saturated rings. The van der Waals surface area contributed by atoms with E-state index in [2.05, 4.69) is 10.1 Å². The van der Waals surface area contributed by atoms with Crippen molar-refractivity contribution in [3.05, 3.63) is 70.6 Å². The highest BCUT2D eigenvalue weighted by molar-refractivity contribution is 6.33. The van der Waals surface area contributed by atoms with Crippen molar-refractivity contribution >= 4 is 17.6 Å². The Kier molecular flexibility index (Phi) is 4.52. The molecule has 0 aliphatic carbocycles. The standard InChI is InChI=1S/C16H9ClF2N2O3/c17-12-4-2-1-3-10(12)15-20-14(24-21-15)8-23-16(22)11-6-5-9(18)7-13(11)19/h1-7H,8H2. The summed E-state index contributed by atoms with van der Waals surface area (Å²) >= 11 is 6.03. The van der Waals surface area contributed by atoms with Crippen LogP contribution in [-0.2, 0) is 11.3 Å². The molecule has 1 aromatic heterocycles. The topological polar surface area (TPSA) is 65.2 Å². The van der Waals surface area contributed by atoms with Crippen molar-refractivity contribution in [1.29, 1.82) is 0 Å². The van der Waals surface area contributed by atoms with Crippen LogP contribution in [0, 0.1) is 11.6 Å². The van der Waals surface area contributed by atoms with Crippen LogP contribution in [0.15, 0.2) is 47.0 Å². The van der Waals surface area contributed by atoms with Crippen LogP contribution in [0.2, 0.25) is 5.02 Å². The maximum Gasteiger partial charge on any atom is 0.341 e. The molecule has 122 valence electrons. The molecule has 0 aliphatic heterocycles. The van der Waals surface area contributed by atoms with Gasteiger partial charge in [0, 0.05) is 11.6 Å². The van der Waals surface area contributed by atoms with Crippen LogP contribution in [0.1, 0.15) is 16.2 Å². The molecule has 1 heterocycles. The second-order valence-corrected chi connectivity index (χ2v) is 5.10. The smallest absolute Gasteiger partial charge is 0.341 e. The molecule has 0 aliphatic rings. The number of ether oxygens (including phenoxy) is 1. The van der Waals surface area contributed by atoms with E-state index < -0.39 is 17.6 Å². The molecule has 2 aromatic carbocycles. The highest BCUT2D eigenvalue weighted by Gasteiger charge is 2.17.